The Bertz CT molecular complexity index is 2120. The third-order valence-corrected chi connectivity index (χ3v) is 15.0. The number of aromatic nitrogens is 2. The van der Waals surface area contributed by atoms with Crippen LogP contribution in [0.4, 0.5) is 17.6 Å². The molecule has 3 saturated carbocycles. The number of hydrogen-bond acceptors (Lipinski definition) is 12. The molecule has 1 aromatic carbocycles. The summed E-state index contributed by atoms with van der Waals surface area (Å²) in [5.74, 6) is -9.62. The third-order valence-electron chi connectivity index (χ3n) is 12.9. The van der Waals surface area contributed by atoms with Gasteiger partial charge in [0.2, 0.25) is 40.6 Å². The summed E-state index contributed by atoms with van der Waals surface area (Å²) in [6, 6.07) is 1.74. The molecule has 4 fully saturated rings. The van der Waals surface area contributed by atoms with Crippen LogP contribution in [0.3, 0.4) is 0 Å². The Hall–Kier alpha value is -3.88. The Kier molecular flexibility index (Phi) is 11.6. The van der Waals surface area contributed by atoms with Crippen LogP contribution in [0.1, 0.15) is 98.1 Å². The average Bonchev–Trinajstić information content (AvgIpc) is 4.12. The van der Waals surface area contributed by atoms with Crippen molar-refractivity contribution in [3.8, 4) is 11.6 Å². The number of hydrogen-bond donors (Lipinski definition) is 4. The normalized spacial score (nSPS) is 32.8. The van der Waals surface area contributed by atoms with Gasteiger partial charge in [0.25, 0.3) is 11.8 Å². The van der Waals surface area contributed by atoms with Gasteiger partial charge in [-0.15, -0.1) is 0 Å². The van der Waals surface area contributed by atoms with E-state index in [1.807, 2.05) is 4.72 Å². The molecule has 3 amide bonds. The number of alkyl halides is 4. The second kappa shape index (κ2) is 15.8. The van der Waals surface area contributed by atoms with Crippen molar-refractivity contribution in [2.45, 2.75) is 146 Å². The predicted octanol–water partition coefficient (Wildman–Crippen LogP) is 4.11. The van der Waals surface area contributed by atoms with Gasteiger partial charge in [-0.25, -0.2) is 27.2 Å². The molecule has 2 aliphatic heterocycles. The lowest BCUT2D eigenvalue weighted by molar-refractivity contribution is -0.160. The minimum absolute atomic E-state index is 0.00376. The number of sulfonamides is 1. The highest BCUT2D eigenvalue weighted by Crippen LogP contribution is 2.50. The molecule has 1 unspecified atom stereocenters. The van der Waals surface area contributed by atoms with Gasteiger partial charge < -0.3 is 29.5 Å². The molecular weight excluding hydrogens is 817 g/mol. The van der Waals surface area contributed by atoms with E-state index in [1.54, 1.807) is 33.8 Å². The highest BCUT2D eigenvalue weighted by Gasteiger charge is 2.68. The predicted molar refractivity (Wildman–Crippen MR) is 207 cm³/mol. The zero-order chi connectivity index (χ0) is 43.7. The van der Waals surface area contributed by atoms with E-state index < -0.39 is 123 Å². The van der Waals surface area contributed by atoms with Gasteiger partial charge in [0.15, 0.2) is 5.69 Å². The van der Waals surface area contributed by atoms with Gasteiger partial charge in [0.1, 0.15) is 23.4 Å². The second-order valence-electron chi connectivity index (χ2n) is 18.3. The molecule has 3 aliphatic carbocycles. The fourth-order valence-electron chi connectivity index (χ4n) is 8.56. The molecule has 60 heavy (non-hydrogen) atoms. The van der Waals surface area contributed by atoms with E-state index >= 15 is 8.78 Å². The summed E-state index contributed by atoms with van der Waals surface area (Å²) >= 11 is 0. The number of carbonyl (C=O) groups is 3. The molecule has 9 atom stereocenters. The lowest BCUT2D eigenvalue weighted by Crippen LogP contribution is -2.62. The Labute approximate surface area is 346 Å². The van der Waals surface area contributed by atoms with Crippen molar-refractivity contribution in [2.75, 3.05) is 13.7 Å². The highest BCUT2D eigenvalue weighted by atomic mass is 32.2. The van der Waals surface area contributed by atoms with E-state index in [0.29, 0.717) is 25.0 Å². The summed E-state index contributed by atoms with van der Waals surface area (Å²) in [6.07, 6.45) is -5.30. The largest absolute Gasteiger partial charge is 0.497 e. The summed E-state index contributed by atoms with van der Waals surface area (Å²) < 4.78 is 106. The first kappa shape index (κ1) is 44.2. The first-order valence-corrected chi connectivity index (χ1v) is 22.0. The average molecular weight is 871 g/mol. The number of halogens is 4. The molecule has 3 heterocycles. The molecule has 1 aromatic heterocycles. The standard InChI is InChI=1S/C40H54F4N6O9S/c1-7-22-27-19-50(28(22)32(51)48-39(18-23(39)31(41)42)35(53)49-60(55,56)38(5)14-15-38)34(52)30(37(2,3)4)47-36(54)59-26-16-20(26)10-8-9-13-40(43,44)29-33(58-27)46-25-17-21(57-6)11-12-24(25)45-29/h11-12,17,20,22-23,26-28,30-31,36,47,54H,7-10,13-16,18-19H2,1-6H3,(H,48,51)(H,49,53)/t20-,22-,23+,26-,27+,28+,30-,36?,39-/m1/s1. The first-order valence-electron chi connectivity index (χ1n) is 20.5. The quantitative estimate of drug-likeness (QED) is 0.278. The number of aliphatic hydroxyl groups is 1. The van der Waals surface area contributed by atoms with Crippen LogP contribution in [0.15, 0.2) is 18.2 Å². The molecule has 332 valence electrons. The number of benzene rings is 1. The molecule has 4 N–H and O–H groups in total. The van der Waals surface area contributed by atoms with Gasteiger partial charge in [0, 0.05) is 18.4 Å². The Morgan fingerprint density at radius 3 is 2.45 bits per heavy atom. The van der Waals surface area contributed by atoms with Crippen LogP contribution in [0.25, 0.3) is 11.0 Å². The lowest BCUT2D eigenvalue weighted by atomic mass is 9.85. The number of ether oxygens (including phenoxy) is 3. The molecule has 20 heteroatoms. The third kappa shape index (κ3) is 8.49. The van der Waals surface area contributed by atoms with Gasteiger partial charge in [-0.1, -0.05) is 34.1 Å². The van der Waals surface area contributed by atoms with Crippen molar-refractivity contribution in [3.63, 3.8) is 0 Å². The van der Waals surface area contributed by atoms with Crippen LogP contribution in [-0.2, 0) is 35.1 Å². The monoisotopic (exact) mass is 870 g/mol. The lowest BCUT2D eigenvalue weighted by Gasteiger charge is -2.37. The van der Waals surface area contributed by atoms with E-state index in [0.717, 1.165) is 4.90 Å². The van der Waals surface area contributed by atoms with E-state index in [4.69, 9.17) is 14.2 Å². The minimum atomic E-state index is -4.31. The topological polar surface area (TPSA) is 198 Å². The summed E-state index contributed by atoms with van der Waals surface area (Å²) in [4.78, 5) is 53.2. The summed E-state index contributed by atoms with van der Waals surface area (Å²) in [6.45, 7) is 7.80. The van der Waals surface area contributed by atoms with Crippen LogP contribution >= 0.6 is 0 Å². The van der Waals surface area contributed by atoms with E-state index in [9.17, 15) is 36.7 Å². The van der Waals surface area contributed by atoms with Crippen LogP contribution < -0.4 is 24.8 Å². The maximum atomic E-state index is 16.4. The summed E-state index contributed by atoms with van der Waals surface area (Å²) in [5, 5.41) is 16.3. The Balaban J connectivity index is 1.30. The Morgan fingerprint density at radius 1 is 1.12 bits per heavy atom. The zero-order valence-electron chi connectivity index (χ0n) is 34.5. The zero-order valence-corrected chi connectivity index (χ0v) is 35.3. The first-order chi connectivity index (χ1) is 28.0. The number of aliphatic hydroxyl groups excluding tert-OH is 1. The smallest absolute Gasteiger partial charge is 0.295 e. The number of fused-ring (bicyclic) bond motifs is 5. The van der Waals surface area contributed by atoms with Gasteiger partial charge >= 0.3 is 0 Å². The molecule has 15 nitrogen and oxygen atoms in total. The van der Waals surface area contributed by atoms with Crippen molar-refractivity contribution in [2.24, 2.45) is 23.2 Å². The van der Waals surface area contributed by atoms with Crippen LogP contribution in [0, 0.1) is 23.2 Å². The van der Waals surface area contributed by atoms with Crippen molar-refractivity contribution in [1.29, 1.82) is 0 Å². The van der Waals surface area contributed by atoms with Crippen molar-refractivity contribution in [1.82, 2.24) is 30.2 Å². The van der Waals surface area contributed by atoms with Crippen molar-refractivity contribution >= 4 is 38.8 Å². The molecule has 0 spiro atoms. The van der Waals surface area contributed by atoms with Crippen LogP contribution in [0.2, 0.25) is 0 Å². The van der Waals surface area contributed by atoms with E-state index in [1.165, 1.54) is 26.2 Å². The molecule has 5 aliphatic rings. The van der Waals surface area contributed by atoms with Gasteiger partial charge in [-0.05, 0) is 75.3 Å². The molecule has 0 radical (unpaired) electrons. The number of nitrogens with one attached hydrogen (secondary N) is 3. The number of amides is 3. The van der Waals surface area contributed by atoms with Crippen molar-refractivity contribution < 1.29 is 59.7 Å². The van der Waals surface area contributed by atoms with Crippen molar-refractivity contribution in [3.05, 3.63) is 23.9 Å². The molecule has 7 rings (SSSR count). The minimum Gasteiger partial charge on any atom is -0.497 e. The molecule has 1 saturated heterocycles. The number of carbonyl (C=O) groups excluding carboxylic acids is 3. The fourth-order valence-corrected chi connectivity index (χ4v) is 9.87. The van der Waals surface area contributed by atoms with E-state index in [2.05, 4.69) is 20.6 Å². The number of nitrogens with zero attached hydrogens (tertiary/aromatic N) is 3. The van der Waals surface area contributed by atoms with E-state index in [-0.39, 0.29) is 48.7 Å². The number of methoxy groups -OCH3 is 1. The van der Waals surface area contributed by atoms with Crippen LogP contribution in [-0.4, -0.2) is 107 Å². The second-order valence-corrected chi connectivity index (χ2v) is 20.5. The molecular formula is C40H54F4N6O9S. The maximum absolute atomic E-state index is 16.4. The van der Waals surface area contributed by atoms with Gasteiger partial charge in [0.05, 0.1) is 47.5 Å². The van der Waals surface area contributed by atoms with Crippen LogP contribution in [0.5, 0.6) is 11.6 Å². The summed E-state index contributed by atoms with van der Waals surface area (Å²) in [5.41, 5.74) is -3.73. The molecule has 2 aromatic rings. The summed E-state index contributed by atoms with van der Waals surface area (Å²) in [7, 11) is -2.88. The van der Waals surface area contributed by atoms with Gasteiger partial charge in [-0.3, -0.25) is 24.4 Å². The Morgan fingerprint density at radius 2 is 1.83 bits per heavy atom. The fraction of sp³-hybridized carbons (Fsp3) is 0.725. The maximum Gasteiger partial charge on any atom is 0.295 e. The van der Waals surface area contributed by atoms with Gasteiger partial charge in [-0.2, -0.15) is 8.78 Å². The number of rotatable bonds is 8. The SMILES string of the molecule is CC[C@@H]1[C@@H]2CN(C(=O)[C@H](C(C)(C)C)NC(O)O[C@@H]3C[C@H]3CCCCC(F)(F)c3nc4ccc(OC)cc4nc3O2)[C@@H]1C(=O)N[C@]1(C(=O)NS(=O)(=O)C2(C)CC2)C[C@H]1C(F)F. The molecule has 2 bridgehead atoms. The highest BCUT2D eigenvalue weighted by molar-refractivity contribution is 7.91.